The first-order valence-corrected chi connectivity index (χ1v) is 8.19. The van der Waals surface area contributed by atoms with Gasteiger partial charge in [-0.3, -0.25) is 0 Å². The predicted octanol–water partition coefficient (Wildman–Crippen LogP) is 2.23. The Balaban J connectivity index is 2.03. The molecule has 0 amide bonds. The van der Waals surface area contributed by atoms with Crippen LogP contribution in [0.4, 0.5) is 0 Å². The lowest BCUT2D eigenvalue weighted by atomic mass is 9.70. The quantitative estimate of drug-likeness (QED) is 0.785. The van der Waals surface area contributed by atoms with Crippen LogP contribution in [-0.4, -0.2) is 43.2 Å². The van der Waals surface area contributed by atoms with Crippen molar-refractivity contribution in [1.82, 2.24) is 0 Å². The van der Waals surface area contributed by atoms with E-state index >= 15 is 0 Å². The molecular weight excluding hydrogens is 254 g/mol. The van der Waals surface area contributed by atoms with Crippen LogP contribution in [0.1, 0.15) is 57.8 Å². The van der Waals surface area contributed by atoms with Crippen LogP contribution < -0.4 is 5.73 Å². The Morgan fingerprint density at radius 2 is 2.10 bits per heavy atom. The molecule has 2 unspecified atom stereocenters. The SMILES string of the molecule is COCC(O)(CCCN)C1CCOC2(CCCCC2)C1. The molecule has 1 saturated carbocycles. The van der Waals surface area contributed by atoms with E-state index in [1.54, 1.807) is 7.11 Å². The van der Waals surface area contributed by atoms with E-state index in [9.17, 15) is 5.11 Å². The van der Waals surface area contributed by atoms with E-state index < -0.39 is 5.60 Å². The molecular formula is C16H31NO3. The first-order valence-electron chi connectivity index (χ1n) is 8.19. The van der Waals surface area contributed by atoms with Crippen molar-refractivity contribution in [2.75, 3.05) is 26.9 Å². The lowest BCUT2D eigenvalue weighted by Gasteiger charge is -2.48. The third-order valence-electron chi connectivity index (χ3n) is 5.23. The third-order valence-corrected chi connectivity index (χ3v) is 5.23. The smallest absolute Gasteiger partial charge is 0.0910 e. The highest BCUT2D eigenvalue weighted by Gasteiger charge is 2.46. The zero-order chi connectivity index (χ0) is 14.5. The molecule has 2 rings (SSSR count). The summed E-state index contributed by atoms with van der Waals surface area (Å²) in [7, 11) is 1.67. The Labute approximate surface area is 123 Å². The minimum atomic E-state index is -0.734. The van der Waals surface area contributed by atoms with Gasteiger partial charge in [0, 0.05) is 13.7 Å². The summed E-state index contributed by atoms with van der Waals surface area (Å²) in [5.74, 6) is 0.279. The monoisotopic (exact) mass is 285 g/mol. The van der Waals surface area contributed by atoms with Crippen LogP contribution in [-0.2, 0) is 9.47 Å². The summed E-state index contributed by atoms with van der Waals surface area (Å²) in [6.45, 7) is 1.81. The predicted molar refractivity (Wildman–Crippen MR) is 79.6 cm³/mol. The Kier molecular flexibility index (Phi) is 5.84. The summed E-state index contributed by atoms with van der Waals surface area (Å²) in [6, 6.07) is 0. The molecule has 2 atom stereocenters. The van der Waals surface area contributed by atoms with E-state index in [0.717, 1.165) is 45.1 Å². The van der Waals surface area contributed by atoms with Gasteiger partial charge in [-0.15, -0.1) is 0 Å². The van der Waals surface area contributed by atoms with E-state index in [-0.39, 0.29) is 11.5 Å². The molecule has 4 nitrogen and oxygen atoms in total. The maximum atomic E-state index is 11.0. The van der Waals surface area contributed by atoms with Crippen molar-refractivity contribution in [2.24, 2.45) is 11.7 Å². The van der Waals surface area contributed by atoms with Crippen LogP contribution in [0.15, 0.2) is 0 Å². The summed E-state index contributed by atoms with van der Waals surface area (Å²) in [5, 5.41) is 11.0. The molecule has 4 heteroatoms. The van der Waals surface area contributed by atoms with Crippen LogP contribution >= 0.6 is 0 Å². The summed E-state index contributed by atoms with van der Waals surface area (Å²) in [5.41, 5.74) is 4.92. The number of rotatable bonds is 6. The molecule has 1 saturated heterocycles. The summed E-state index contributed by atoms with van der Waals surface area (Å²) in [6.07, 6.45) is 9.67. The van der Waals surface area contributed by atoms with Gasteiger partial charge >= 0.3 is 0 Å². The van der Waals surface area contributed by atoms with Crippen molar-refractivity contribution < 1.29 is 14.6 Å². The molecule has 0 bridgehead atoms. The van der Waals surface area contributed by atoms with Crippen molar-refractivity contribution >= 4 is 0 Å². The van der Waals surface area contributed by atoms with Crippen LogP contribution in [0.3, 0.4) is 0 Å². The van der Waals surface area contributed by atoms with Crippen LogP contribution in [0, 0.1) is 5.92 Å². The molecule has 2 aliphatic rings. The van der Waals surface area contributed by atoms with Crippen LogP contribution in [0.2, 0.25) is 0 Å². The van der Waals surface area contributed by atoms with Crippen molar-refractivity contribution in [2.45, 2.75) is 69.0 Å². The first-order chi connectivity index (χ1) is 9.64. The standard InChI is InChI=1S/C16H31NO3/c1-19-13-16(18,9-5-10-17)14-6-11-20-15(12-14)7-3-2-4-8-15/h14,18H,2-13,17H2,1H3. The van der Waals surface area contributed by atoms with Gasteiger partial charge < -0.3 is 20.3 Å². The molecule has 20 heavy (non-hydrogen) atoms. The second-order valence-electron chi connectivity index (χ2n) is 6.71. The molecule has 1 aliphatic heterocycles. The molecule has 1 spiro atoms. The number of nitrogens with two attached hydrogens (primary N) is 1. The van der Waals surface area contributed by atoms with Crippen LogP contribution in [0.25, 0.3) is 0 Å². The second-order valence-corrected chi connectivity index (χ2v) is 6.71. The van der Waals surface area contributed by atoms with Crippen molar-refractivity contribution in [3.8, 4) is 0 Å². The lowest BCUT2D eigenvalue weighted by Crippen LogP contribution is -2.51. The molecule has 1 heterocycles. The van der Waals surface area contributed by atoms with Crippen molar-refractivity contribution in [1.29, 1.82) is 0 Å². The fourth-order valence-electron chi connectivity index (χ4n) is 4.08. The third kappa shape index (κ3) is 3.73. The normalized spacial score (nSPS) is 29.2. The second kappa shape index (κ2) is 7.21. The Morgan fingerprint density at radius 3 is 2.75 bits per heavy atom. The van der Waals surface area contributed by atoms with Gasteiger partial charge in [-0.1, -0.05) is 19.3 Å². The van der Waals surface area contributed by atoms with E-state index in [1.807, 2.05) is 0 Å². The van der Waals surface area contributed by atoms with Crippen molar-refractivity contribution in [3.05, 3.63) is 0 Å². The molecule has 118 valence electrons. The summed E-state index contributed by atoms with van der Waals surface area (Å²) >= 11 is 0. The maximum absolute atomic E-state index is 11.0. The van der Waals surface area contributed by atoms with Gasteiger partial charge in [0.2, 0.25) is 0 Å². The largest absolute Gasteiger partial charge is 0.387 e. The zero-order valence-electron chi connectivity index (χ0n) is 12.9. The maximum Gasteiger partial charge on any atom is 0.0910 e. The van der Waals surface area contributed by atoms with Crippen LogP contribution in [0.5, 0.6) is 0 Å². The number of hydrogen-bond donors (Lipinski definition) is 2. The average molecular weight is 285 g/mol. The fourth-order valence-corrected chi connectivity index (χ4v) is 4.08. The van der Waals surface area contributed by atoms with Gasteiger partial charge in [0.25, 0.3) is 0 Å². The number of aliphatic hydroxyl groups is 1. The fraction of sp³-hybridized carbons (Fsp3) is 1.00. The van der Waals surface area contributed by atoms with E-state index in [2.05, 4.69) is 0 Å². The van der Waals surface area contributed by atoms with E-state index in [0.29, 0.717) is 13.2 Å². The molecule has 1 aliphatic carbocycles. The van der Waals surface area contributed by atoms with Gasteiger partial charge in [0.15, 0.2) is 0 Å². The van der Waals surface area contributed by atoms with Gasteiger partial charge in [-0.2, -0.15) is 0 Å². The Hall–Kier alpha value is -0.160. The van der Waals surface area contributed by atoms with Gasteiger partial charge in [0.1, 0.15) is 0 Å². The summed E-state index contributed by atoms with van der Waals surface area (Å²) < 4.78 is 11.4. The number of ether oxygens (including phenoxy) is 2. The minimum Gasteiger partial charge on any atom is -0.387 e. The Morgan fingerprint density at radius 1 is 1.35 bits per heavy atom. The summed E-state index contributed by atoms with van der Waals surface area (Å²) in [4.78, 5) is 0. The van der Waals surface area contributed by atoms with Gasteiger partial charge in [-0.25, -0.2) is 0 Å². The Bertz CT molecular complexity index is 286. The molecule has 0 aromatic rings. The molecule has 3 N–H and O–H groups in total. The number of hydrogen-bond acceptors (Lipinski definition) is 4. The minimum absolute atomic E-state index is 0.0333. The lowest BCUT2D eigenvalue weighted by molar-refractivity contribution is -0.170. The van der Waals surface area contributed by atoms with E-state index in [1.165, 1.54) is 19.3 Å². The van der Waals surface area contributed by atoms with Crippen molar-refractivity contribution in [3.63, 3.8) is 0 Å². The topological polar surface area (TPSA) is 64.7 Å². The molecule has 0 aromatic heterocycles. The number of methoxy groups -OCH3 is 1. The average Bonchev–Trinajstić information content (AvgIpc) is 2.46. The highest BCUT2D eigenvalue weighted by atomic mass is 16.5. The molecule has 0 radical (unpaired) electrons. The zero-order valence-corrected chi connectivity index (χ0v) is 12.9. The molecule has 0 aromatic carbocycles. The highest BCUT2D eigenvalue weighted by Crippen LogP contribution is 2.44. The highest BCUT2D eigenvalue weighted by molar-refractivity contribution is 4.97. The van der Waals surface area contributed by atoms with Gasteiger partial charge in [-0.05, 0) is 51.0 Å². The first kappa shape index (κ1) is 16.2. The van der Waals surface area contributed by atoms with E-state index in [4.69, 9.17) is 15.2 Å². The van der Waals surface area contributed by atoms with Gasteiger partial charge in [0.05, 0.1) is 17.8 Å². The molecule has 2 fully saturated rings.